The van der Waals surface area contributed by atoms with E-state index in [-0.39, 0.29) is 5.56 Å². The number of rotatable bonds is 5. The smallest absolute Gasteiger partial charge is 0.337 e. The summed E-state index contributed by atoms with van der Waals surface area (Å²) in [7, 11) is 1.30. The molecule has 0 saturated carbocycles. The first-order valence-electron chi connectivity index (χ1n) is 9.84. The van der Waals surface area contributed by atoms with Gasteiger partial charge in [-0.1, -0.05) is 18.2 Å². The highest BCUT2D eigenvalue weighted by molar-refractivity contribution is 6.08. The van der Waals surface area contributed by atoms with Gasteiger partial charge in [0.25, 0.3) is 5.91 Å². The summed E-state index contributed by atoms with van der Waals surface area (Å²) >= 11 is 0. The lowest BCUT2D eigenvalue weighted by molar-refractivity contribution is 0.0600. The third kappa shape index (κ3) is 4.62. The van der Waals surface area contributed by atoms with Crippen LogP contribution in [0.15, 0.2) is 79.0 Å². The Morgan fingerprint density at radius 1 is 1.06 bits per heavy atom. The normalized spacial score (nSPS) is 10.3. The van der Waals surface area contributed by atoms with E-state index in [0.717, 1.165) is 0 Å². The van der Waals surface area contributed by atoms with Crippen LogP contribution in [-0.4, -0.2) is 28.8 Å². The molecule has 8 heteroatoms. The molecule has 33 heavy (non-hydrogen) atoms. The molecule has 0 saturated heterocycles. The zero-order valence-corrected chi connectivity index (χ0v) is 17.4. The second-order valence-corrected chi connectivity index (χ2v) is 7.03. The van der Waals surface area contributed by atoms with Gasteiger partial charge in [-0.3, -0.25) is 4.79 Å². The molecule has 1 heterocycles. The highest BCUT2D eigenvalue weighted by atomic mass is 19.1. The van der Waals surface area contributed by atoms with E-state index in [9.17, 15) is 14.0 Å². The van der Waals surface area contributed by atoms with Gasteiger partial charge in [-0.05, 0) is 54.6 Å². The van der Waals surface area contributed by atoms with Gasteiger partial charge in [0.15, 0.2) is 0 Å². The van der Waals surface area contributed by atoms with Crippen molar-refractivity contribution in [2.24, 2.45) is 0 Å². The fraction of sp³-hybridized carbons (Fsp3) is 0.0400. The molecule has 0 spiro atoms. The van der Waals surface area contributed by atoms with E-state index >= 15 is 0 Å². The largest absolute Gasteiger partial charge is 0.465 e. The average Bonchev–Trinajstić information content (AvgIpc) is 3.29. The number of carbonyl (C=O) groups is 2. The number of aromatic nitrogens is 2. The van der Waals surface area contributed by atoms with Gasteiger partial charge in [-0.2, -0.15) is 10.4 Å². The predicted octanol–water partition coefficient (Wildman–Crippen LogP) is 4.59. The van der Waals surface area contributed by atoms with Crippen molar-refractivity contribution in [1.82, 2.24) is 9.78 Å². The van der Waals surface area contributed by atoms with Crippen LogP contribution in [0.1, 0.15) is 26.3 Å². The molecule has 0 bridgehead atoms. The Bertz CT molecular complexity index is 1370. The van der Waals surface area contributed by atoms with Gasteiger partial charge < -0.3 is 10.1 Å². The maximum atomic E-state index is 13.6. The first-order valence-corrected chi connectivity index (χ1v) is 9.84. The van der Waals surface area contributed by atoms with Gasteiger partial charge in [0.1, 0.15) is 11.5 Å². The molecular formula is C25H17FN4O3. The van der Waals surface area contributed by atoms with Gasteiger partial charge in [-0.15, -0.1) is 0 Å². The van der Waals surface area contributed by atoms with Gasteiger partial charge in [0.05, 0.1) is 35.6 Å². The lowest BCUT2D eigenvalue weighted by Gasteiger charge is -2.06. The molecule has 162 valence electrons. The fourth-order valence-electron chi connectivity index (χ4n) is 3.22. The number of hydrogen-bond donors (Lipinski definition) is 1. The molecule has 0 aliphatic rings. The molecule has 4 rings (SSSR count). The van der Waals surface area contributed by atoms with Crippen LogP contribution in [0.2, 0.25) is 0 Å². The lowest BCUT2D eigenvalue weighted by Crippen LogP contribution is -2.12. The number of anilines is 1. The van der Waals surface area contributed by atoms with E-state index in [1.807, 2.05) is 0 Å². The number of methoxy groups -OCH3 is 1. The number of carbonyl (C=O) groups excluding carboxylic acids is 2. The van der Waals surface area contributed by atoms with E-state index in [2.05, 4.69) is 16.5 Å². The van der Waals surface area contributed by atoms with Crippen molar-refractivity contribution in [2.75, 3.05) is 12.4 Å². The molecule has 7 nitrogen and oxygen atoms in total. The Morgan fingerprint density at radius 2 is 1.79 bits per heavy atom. The van der Waals surface area contributed by atoms with Gasteiger partial charge in [0, 0.05) is 17.4 Å². The standard InChI is InChI=1S/C25H17FN4O3/c1-33-25(32)18-9-7-17(8-10-18)23-22(24(31)28-20-4-2-3-19(26)13-20)15-30(29-23)21-11-5-16(14-27)6-12-21/h2-13,15H,1H3,(H,28,31). The number of ether oxygens (including phenoxy) is 1. The number of halogens is 1. The van der Waals surface area contributed by atoms with E-state index in [1.165, 1.54) is 30.0 Å². The number of hydrogen-bond acceptors (Lipinski definition) is 5. The highest BCUT2D eigenvalue weighted by Crippen LogP contribution is 2.26. The van der Waals surface area contributed by atoms with E-state index in [1.54, 1.807) is 60.8 Å². The summed E-state index contributed by atoms with van der Waals surface area (Å²) in [6.45, 7) is 0. The summed E-state index contributed by atoms with van der Waals surface area (Å²) < 4.78 is 19.8. The summed E-state index contributed by atoms with van der Waals surface area (Å²) in [6, 6.07) is 20.8. The first kappa shape index (κ1) is 21.5. The number of amides is 1. The van der Waals surface area contributed by atoms with Crippen LogP contribution in [0.4, 0.5) is 10.1 Å². The lowest BCUT2D eigenvalue weighted by atomic mass is 10.1. The van der Waals surface area contributed by atoms with Crippen molar-refractivity contribution in [1.29, 1.82) is 5.26 Å². The monoisotopic (exact) mass is 440 g/mol. The summed E-state index contributed by atoms with van der Waals surface area (Å²) in [4.78, 5) is 24.8. The summed E-state index contributed by atoms with van der Waals surface area (Å²) in [5.41, 5.74) is 3.01. The average molecular weight is 440 g/mol. The van der Waals surface area contributed by atoms with E-state index < -0.39 is 17.7 Å². The van der Waals surface area contributed by atoms with Crippen LogP contribution in [0, 0.1) is 17.1 Å². The van der Waals surface area contributed by atoms with Crippen LogP contribution < -0.4 is 5.32 Å². The maximum Gasteiger partial charge on any atom is 0.337 e. The van der Waals surface area contributed by atoms with Crippen molar-refractivity contribution in [3.05, 3.63) is 102 Å². The number of esters is 1. The SMILES string of the molecule is COC(=O)c1ccc(-c2nn(-c3ccc(C#N)cc3)cc2C(=O)Nc2cccc(F)c2)cc1. The number of nitrogens with zero attached hydrogens (tertiary/aromatic N) is 3. The fourth-order valence-corrected chi connectivity index (χ4v) is 3.22. The summed E-state index contributed by atoms with van der Waals surface area (Å²) in [5.74, 6) is -1.43. The predicted molar refractivity (Wildman–Crippen MR) is 119 cm³/mol. The molecule has 1 aromatic heterocycles. The highest BCUT2D eigenvalue weighted by Gasteiger charge is 2.20. The molecule has 1 N–H and O–H groups in total. The van der Waals surface area contributed by atoms with Crippen molar-refractivity contribution in [3.63, 3.8) is 0 Å². The molecule has 4 aromatic rings. The van der Waals surface area contributed by atoms with Crippen molar-refractivity contribution < 1.29 is 18.7 Å². The Hall–Kier alpha value is -4.77. The minimum absolute atomic E-state index is 0.245. The number of nitriles is 1. The van der Waals surface area contributed by atoms with Crippen LogP contribution in [0.25, 0.3) is 16.9 Å². The molecule has 0 aliphatic heterocycles. The van der Waals surface area contributed by atoms with Crippen LogP contribution >= 0.6 is 0 Å². The third-order valence-corrected chi connectivity index (χ3v) is 4.88. The molecule has 0 unspecified atom stereocenters. The molecule has 1 amide bonds. The Morgan fingerprint density at radius 3 is 2.42 bits per heavy atom. The molecular weight excluding hydrogens is 423 g/mol. The Balaban J connectivity index is 1.75. The second kappa shape index (κ2) is 9.16. The first-order chi connectivity index (χ1) is 16.0. The molecule has 0 fully saturated rings. The zero-order valence-electron chi connectivity index (χ0n) is 17.4. The molecule has 0 radical (unpaired) electrons. The Labute approximate surface area is 188 Å². The van der Waals surface area contributed by atoms with Crippen molar-refractivity contribution >= 4 is 17.6 Å². The molecule has 0 aliphatic carbocycles. The maximum absolute atomic E-state index is 13.6. The van der Waals surface area contributed by atoms with Gasteiger partial charge in [-0.25, -0.2) is 13.9 Å². The van der Waals surface area contributed by atoms with Crippen LogP contribution in [-0.2, 0) is 4.74 Å². The zero-order chi connectivity index (χ0) is 23.4. The van der Waals surface area contributed by atoms with Crippen molar-refractivity contribution in [2.45, 2.75) is 0 Å². The van der Waals surface area contributed by atoms with Gasteiger partial charge in [0.2, 0.25) is 0 Å². The minimum atomic E-state index is -0.479. The second-order valence-electron chi connectivity index (χ2n) is 7.03. The van der Waals surface area contributed by atoms with Crippen LogP contribution in [0.3, 0.4) is 0 Å². The summed E-state index contributed by atoms with van der Waals surface area (Å²) in [5, 5.41) is 16.3. The van der Waals surface area contributed by atoms with E-state index in [0.29, 0.717) is 33.8 Å². The number of nitrogens with one attached hydrogen (secondary N) is 1. The number of benzene rings is 3. The summed E-state index contributed by atoms with van der Waals surface area (Å²) in [6.07, 6.45) is 1.56. The molecule has 0 atom stereocenters. The Kier molecular flexibility index (Phi) is 5.96. The minimum Gasteiger partial charge on any atom is -0.465 e. The van der Waals surface area contributed by atoms with Gasteiger partial charge >= 0.3 is 5.97 Å². The molecule has 3 aromatic carbocycles. The third-order valence-electron chi connectivity index (χ3n) is 4.88. The topological polar surface area (TPSA) is 97.0 Å². The van der Waals surface area contributed by atoms with Crippen molar-refractivity contribution in [3.8, 4) is 23.0 Å². The van der Waals surface area contributed by atoms with E-state index in [4.69, 9.17) is 10.00 Å². The van der Waals surface area contributed by atoms with Crippen LogP contribution in [0.5, 0.6) is 0 Å². The quantitative estimate of drug-likeness (QED) is 0.458.